The molecule has 2 atom stereocenters. The highest BCUT2D eigenvalue weighted by atomic mass is 32.5. The Labute approximate surface area is 116 Å². The Morgan fingerprint density at radius 1 is 1.19 bits per heavy atom. The van der Waals surface area contributed by atoms with E-state index in [1.54, 1.807) is 0 Å². The Bertz CT molecular complexity index is 602. The molecule has 0 aliphatic heterocycles. The summed E-state index contributed by atoms with van der Waals surface area (Å²) in [5, 5.41) is 2.05. The van der Waals surface area contributed by atoms with Gasteiger partial charge in [-0.15, -0.1) is 0 Å². The number of hydrogen-bond acceptors (Lipinski definition) is 2. The summed E-state index contributed by atoms with van der Waals surface area (Å²) in [6.07, 6.45) is 1.06. The molecule has 1 aromatic rings. The second-order valence-corrected chi connectivity index (χ2v) is 7.33. The van der Waals surface area contributed by atoms with Crippen molar-refractivity contribution in [2.75, 3.05) is 5.32 Å². The minimum absolute atomic E-state index is 0.0982. The second kappa shape index (κ2) is 4.07. The third-order valence-electron chi connectivity index (χ3n) is 3.28. The van der Waals surface area contributed by atoms with Crippen molar-refractivity contribution in [2.45, 2.75) is 23.8 Å². The summed E-state index contributed by atoms with van der Waals surface area (Å²) >= 11 is 0. The van der Waals surface area contributed by atoms with Crippen molar-refractivity contribution in [1.82, 2.24) is 0 Å². The molecule has 1 aromatic carbocycles. The van der Waals surface area contributed by atoms with Crippen LogP contribution in [0, 0.1) is 11.7 Å². The lowest BCUT2D eigenvalue weighted by atomic mass is 9.79. The summed E-state index contributed by atoms with van der Waals surface area (Å²) in [5.41, 5.74) is 4.98. The number of nitrogens with one attached hydrogen (secondary N) is 1. The van der Waals surface area contributed by atoms with Gasteiger partial charge in [-0.05, 0) is 31.0 Å². The molecule has 0 saturated heterocycles. The van der Waals surface area contributed by atoms with E-state index in [0.29, 0.717) is 12.8 Å². The molecule has 0 heterocycles. The van der Waals surface area contributed by atoms with E-state index in [1.165, 1.54) is 0 Å². The molecule has 1 aliphatic rings. The lowest BCUT2D eigenvalue weighted by Gasteiger charge is -2.40. The zero-order valence-electron chi connectivity index (χ0n) is 10.5. The molecule has 3 nitrogen and oxygen atoms in total. The van der Waals surface area contributed by atoms with Crippen molar-refractivity contribution in [2.24, 2.45) is 11.7 Å². The Hall–Kier alpha value is -1.42. The van der Waals surface area contributed by atoms with Gasteiger partial charge in [0.05, 0.1) is 5.92 Å². The van der Waals surface area contributed by atoms with Crippen LogP contribution in [0.15, 0.2) is 23.1 Å². The fourth-order valence-electron chi connectivity index (χ4n) is 1.96. The van der Waals surface area contributed by atoms with Gasteiger partial charge in [-0.25, -0.2) is 4.39 Å². The molecule has 1 saturated carbocycles. The minimum atomic E-state index is -10.2. The third kappa shape index (κ3) is 3.43. The van der Waals surface area contributed by atoms with E-state index in [0.717, 1.165) is 6.07 Å². The average Bonchev–Trinajstić information content (AvgIpc) is 2.26. The third-order valence-corrected chi connectivity index (χ3v) is 4.42. The van der Waals surface area contributed by atoms with E-state index in [9.17, 15) is 28.6 Å². The fourth-order valence-corrected chi connectivity index (χ4v) is 2.75. The maximum absolute atomic E-state index is 13.1. The Morgan fingerprint density at radius 2 is 1.81 bits per heavy atom. The van der Waals surface area contributed by atoms with Crippen LogP contribution in [0.5, 0.6) is 0 Å². The number of halogens is 6. The monoisotopic (exact) mass is 334 g/mol. The molecule has 0 radical (unpaired) electrons. The van der Waals surface area contributed by atoms with Crippen molar-refractivity contribution in [3.05, 3.63) is 24.0 Å². The number of nitrogens with two attached hydrogens (primary N) is 1. The summed E-state index contributed by atoms with van der Waals surface area (Å²) in [6, 6.07) is 0.507. The summed E-state index contributed by atoms with van der Waals surface area (Å²) in [7, 11) is -10.2. The number of benzene rings is 1. The van der Waals surface area contributed by atoms with Crippen molar-refractivity contribution < 1.29 is 28.6 Å². The van der Waals surface area contributed by atoms with Crippen molar-refractivity contribution in [1.29, 1.82) is 0 Å². The highest BCUT2D eigenvalue weighted by molar-refractivity contribution is 8.45. The number of amides is 1. The molecule has 21 heavy (non-hydrogen) atoms. The molecule has 1 aliphatic carbocycles. The first-order valence-corrected chi connectivity index (χ1v) is 7.83. The summed E-state index contributed by atoms with van der Waals surface area (Å²) in [5.74, 6) is -3.35. The van der Waals surface area contributed by atoms with Gasteiger partial charge in [0.2, 0.25) is 5.91 Å². The van der Waals surface area contributed by atoms with Crippen LogP contribution in [0.25, 0.3) is 0 Å². The number of carbonyl (C=O) groups is 1. The molecule has 10 heteroatoms. The van der Waals surface area contributed by atoms with Crippen LogP contribution < -0.4 is 11.1 Å². The summed E-state index contributed by atoms with van der Waals surface area (Å²) in [6.45, 7) is 0. The molecule has 0 spiro atoms. The second-order valence-electron chi connectivity index (χ2n) is 4.95. The summed E-state index contributed by atoms with van der Waals surface area (Å²) in [4.78, 5) is 9.02. The highest BCUT2D eigenvalue weighted by Crippen LogP contribution is 3.02. The van der Waals surface area contributed by atoms with Gasteiger partial charge in [0.25, 0.3) is 0 Å². The normalized spacial score (nSPS) is 25.5. The highest BCUT2D eigenvalue weighted by Gasteiger charge is 2.67. The van der Waals surface area contributed by atoms with E-state index >= 15 is 0 Å². The van der Waals surface area contributed by atoms with Gasteiger partial charge in [0.1, 0.15) is 10.7 Å². The van der Waals surface area contributed by atoms with Gasteiger partial charge in [-0.2, -0.15) is 0 Å². The van der Waals surface area contributed by atoms with E-state index < -0.39 is 44.5 Å². The maximum Gasteiger partial charge on any atom is 0.313 e. The van der Waals surface area contributed by atoms with E-state index in [1.807, 2.05) is 5.32 Å². The minimum Gasteiger partial charge on any atom is -0.327 e. The lowest BCUT2D eigenvalue weighted by molar-refractivity contribution is -0.122. The van der Waals surface area contributed by atoms with Gasteiger partial charge in [-0.1, -0.05) is 19.4 Å². The summed E-state index contributed by atoms with van der Waals surface area (Å²) < 4.78 is 76.3. The molecular weight excluding hydrogens is 322 g/mol. The topological polar surface area (TPSA) is 55.1 Å². The molecular formula is C11H12F6N2OS. The predicted octanol–water partition coefficient (Wildman–Crippen LogP) is 4.16. The molecule has 0 unspecified atom stereocenters. The van der Waals surface area contributed by atoms with Gasteiger partial charge in [-0.3, -0.25) is 4.79 Å². The first kappa shape index (κ1) is 16.0. The zero-order chi connectivity index (χ0) is 16.1. The van der Waals surface area contributed by atoms with Gasteiger partial charge >= 0.3 is 10.2 Å². The van der Waals surface area contributed by atoms with E-state index in [4.69, 9.17) is 5.73 Å². The van der Waals surface area contributed by atoms with E-state index in [-0.39, 0.29) is 12.1 Å². The SMILES string of the molecule is N[C@H]1CC[C@H]1C(=O)Nc1ccc(F)c(S(F)(F)(F)(F)F)c1. The number of hydrogen-bond donors (Lipinski definition) is 2. The predicted molar refractivity (Wildman–Crippen MR) is 67.1 cm³/mol. The lowest BCUT2D eigenvalue weighted by Crippen LogP contribution is -2.46. The maximum atomic E-state index is 13.1. The molecule has 120 valence electrons. The molecule has 0 aromatic heterocycles. The molecule has 1 amide bonds. The molecule has 3 N–H and O–H groups in total. The van der Waals surface area contributed by atoms with Crippen LogP contribution in [-0.2, 0) is 4.79 Å². The number of anilines is 1. The van der Waals surface area contributed by atoms with Crippen LogP contribution in [-0.4, -0.2) is 11.9 Å². The Kier molecular flexibility index (Phi) is 3.09. The quantitative estimate of drug-likeness (QED) is 0.816. The van der Waals surface area contributed by atoms with Crippen LogP contribution in [0.1, 0.15) is 12.8 Å². The average molecular weight is 334 g/mol. The number of rotatable bonds is 3. The zero-order valence-corrected chi connectivity index (χ0v) is 11.3. The number of carbonyl (C=O) groups excluding carboxylic acids is 1. The first-order valence-electron chi connectivity index (χ1n) is 5.88. The van der Waals surface area contributed by atoms with Gasteiger partial charge in [0, 0.05) is 11.7 Å². The van der Waals surface area contributed by atoms with Crippen molar-refractivity contribution >= 4 is 21.8 Å². The smallest absolute Gasteiger partial charge is 0.313 e. The van der Waals surface area contributed by atoms with Crippen molar-refractivity contribution in [3.8, 4) is 0 Å². The van der Waals surface area contributed by atoms with E-state index in [2.05, 4.69) is 0 Å². The first-order chi connectivity index (χ1) is 9.27. The van der Waals surface area contributed by atoms with Crippen LogP contribution in [0.4, 0.5) is 29.5 Å². The van der Waals surface area contributed by atoms with Gasteiger partial charge in [0.15, 0.2) is 0 Å². The largest absolute Gasteiger partial charge is 0.327 e. The van der Waals surface area contributed by atoms with Crippen LogP contribution in [0.3, 0.4) is 0 Å². The molecule has 2 rings (SSSR count). The van der Waals surface area contributed by atoms with Crippen LogP contribution in [0.2, 0.25) is 0 Å². The van der Waals surface area contributed by atoms with Crippen molar-refractivity contribution in [3.63, 3.8) is 0 Å². The molecule has 0 bridgehead atoms. The van der Waals surface area contributed by atoms with Crippen LogP contribution >= 0.6 is 10.2 Å². The Balaban J connectivity index is 2.30. The molecule has 1 fully saturated rings. The fraction of sp³-hybridized carbons (Fsp3) is 0.364. The Morgan fingerprint density at radius 3 is 2.24 bits per heavy atom. The van der Waals surface area contributed by atoms with Gasteiger partial charge < -0.3 is 11.1 Å². The standard InChI is InChI=1S/C11H12F6N2OS/c12-8-3-1-6(5-10(8)21(13,14,15,16)17)19-11(20)7-2-4-9(7)18/h1,3,5,7,9H,2,4,18H2,(H,19,20)/t7-,9+/m1/s1.